The van der Waals surface area contributed by atoms with Gasteiger partial charge < -0.3 is 5.73 Å². The summed E-state index contributed by atoms with van der Waals surface area (Å²) in [6, 6.07) is 6.98. The molecule has 102 valence electrons. The lowest BCUT2D eigenvalue weighted by molar-refractivity contribution is -0.137. The molecule has 0 aliphatic heterocycles. The van der Waals surface area contributed by atoms with Crippen LogP contribution in [0.1, 0.15) is 23.4 Å². The van der Waals surface area contributed by atoms with E-state index >= 15 is 0 Å². The lowest BCUT2D eigenvalue weighted by Gasteiger charge is -2.09. The molecular weight excluding hydrogens is 295 g/mol. The van der Waals surface area contributed by atoms with Crippen molar-refractivity contribution < 1.29 is 13.2 Å². The average molecular weight is 306 g/mol. The minimum atomic E-state index is -4.40. The second kappa shape index (κ2) is 5.15. The fraction of sp³-hybridized carbons (Fsp3) is 0.231. The van der Waals surface area contributed by atoms with Crippen molar-refractivity contribution in [3.05, 3.63) is 45.8 Å². The Balaban J connectivity index is 2.47. The Labute approximate surface area is 117 Å². The van der Waals surface area contributed by atoms with Crippen molar-refractivity contribution in [1.29, 1.82) is 0 Å². The van der Waals surface area contributed by atoms with Crippen molar-refractivity contribution in [3.8, 4) is 10.4 Å². The summed E-state index contributed by atoms with van der Waals surface area (Å²) in [6.07, 6.45) is -4.40. The van der Waals surface area contributed by atoms with E-state index in [0.29, 0.717) is 5.56 Å². The van der Waals surface area contributed by atoms with Crippen molar-refractivity contribution in [3.63, 3.8) is 0 Å². The molecule has 0 spiro atoms. The Morgan fingerprint density at radius 3 is 2.42 bits per heavy atom. The van der Waals surface area contributed by atoms with Gasteiger partial charge in [-0.2, -0.15) is 13.2 Å². The minimum Gasteiger partial charge on any atom is -0.324 e. The number of thiophene rings is 1. The molecular formula is C13H11ClF3NS. The Hall–Kier alpha value is -1.04. The van der Waals surface area contributed by atoms with E-state index in [-0.39, 0.29) is 11.1 Å². The molecule has 2 rings (SSSR count). The maximum atomic E-state index is 12.7. The normalized spacial score (nSPS) is 13.6. The molecule has 1 aromatic carbocycles. The second-order valence-corrected chi connectivity index (χ2v) is 5.77. The molecule has 0 aliphatic carbocycles. The molecule has 0 amide bonds. The SMILES string of the molecule is CC(N)c1ccc(-c2cc(Cl)cc(C(F)(F)F)c2)s1. The molecule has 0 saturated heterocycles. The fourth-order valence-corrected chi connectivity index (χ4v) is 2.83. The van der Waals surface area contributed by atoms with E-state index in [9.17, 15) is 13.2 Å². The molecule has 0 fully saturated rings. The molecule has 1 aromatic heterocycles. The first-order valence-electron chi connectivity index (χ1n) is 5.51. The number of hydrogen-bond donors (Lipinski definition) is 1. The third-order valence-electron chi connectivity index (χ3n) is 2.59. The summed E-state index contributed by atoms with van der Waals surface area (Å²) in [5.74, 6) is 0. The summed E-state index contributed by atoms with van der Waals surface area (Å²) in [5.41, 5.74) is 5.45. The van der Waals surface area contributed by atoms with Crippen LogP contribution in [-0.2, 0) is 6.18 Å². The Morgan fingerprint density at radius 1 is 1.21 bits per heavy atom. The van der Waals surface area contributed by atoms with Crippen molar-refractivity contribution >= 4 is 22.9 Å². The Bertz CT molecular complexity index is 590. The summed E-state index contributed by atoms with van der Waals surface area (Å²) < 4.78 is 38.2. The molecule has 19 heavy (non-hydrogen) atoms. The van der Waals surface area contributed by atoms with Crippen LogP contribution in [0.15, 0.2) is 30.3 Å². The molecule has 0 radical (unpaired) electrons. The quantitative estimate of drug-likeness (QED) is 0.820. The zero-order valence-electron chi connectivity index (χ0n) is 9.96. The largest absolute Gasteiger partial charge is 0.416 e. The molecule has 0 bridgehead atoms. The maximum Gasteiger partial charge on any atom is 0.416 e. The van der Waals surface area contributed by atoms with E-state index in [1.54, 1.807) is 6.07 Å². The number of hydrogen-bond acceptors (Lipinski definition) is 2. The van der Waals surface area contributed by atoms with E-state index in [1.807, 2.05) is 13.0 Å². The predicted octanol–water partition coefficient (Wildman–Crippen LogP) is 5.11. The van der Waals surface area contributed by atoms with Crippen LogP contribution in [-0.4, -0.2) is 0 Å². The molecule has 2 aromatic rings. The first kappa shape index (κ1) is 14.4. The van der Waals surface area contributed by atoms with E-state index in [2.05, 4.69) is 0 Å². The summed E-state index contributed by atoms with van der Waals surface area (Å²) in [5, 5.41) is 0.0700. The van der Waals surface area contributed by atoms with Gasteiger partial charge in [0.15, 0.2) is 0 Å². The highest BCUT2D eigenvalue weighted by molar-refractivity contribution is 7.15. The van der Waals surface area contributed by atoms with Gasteiger partial charge in [0.1, 0.15) is 0 Å². The van der Waals surface area contributed by atoms with E-state index in [1.165, 1.54) is 17.4 Å². The number of benzene rings is 1. The van der Waals surface area contributed by atoms with Crippen LogP contribution in [0.3, 0.4) is 0 Å². The van der Waals surface area contributed by atoms with Gasteiger partial charge in [0.05, 0.1) is 5.56 Å². The smallest absolute Gasteiger partial charge is 0.324 e. The highest BCUT2D eigenvalue weighted by Crippen LogP contribution is 2.37. The summed E-state index contributed by atoms with van der Waals surface area (Å²) in [6.45, 7) is 1.83. The van der Waals surface area contributed by atoms with Crippen molar-refractivity contribution in [1.82, 2.24) is 0 Å². The van der Waals surface area contributed by atoms with Gasteiger partial charge in [0, 0.05) is 20.8 Å². The van der Waals surface area contributed by atoms with Gasteiger partial charge in [-0.15, -0.1) is 11.3 Å². The van der Waals surface area contributed by atoms with Crippen LogP contribution >= 0.6 is 22.9 Å². The van der Waals surface area contributed by atoms with E-state index < -0.39 is 11.7 Å². The van der Waals surface area contributed by atoms with Crippen LogP contribution < -0.4 is 5.73 Å². The van der Waals surface area contributed by atoms with Gasteiger partial charge in [0.25, 0.3) is 0 Å². The zero-order valence-corrected chi connectivity index (χ0v) is 11.5. The highest BCUT2D eigenvalue weighted by atomic mass is 35.5. The Morgan fingerprint density at radius 2 is 1.89 bits per heavy atom. The van der Waals surface area contributed by atoms with Gasteiger partial charge in [-0.25, -0.2) is 0 Å². The molecule has 0 aliphatic rings. The second-order valence-electron chi connectivity index (χ2n) is 4.22. The predicted molar refractivity (Wildman–Crippen MR) is 72.4 cm³/mol. The Kier molecular flexibility index (Phi) is 3.90. The summed E-state index contributed by atoms with van der Waals surface area (Å²) in [4.78, 5) is 1.64. The van der Waals surface area contributed by atoms with Gasteiger partial charge in [-0.05, 0) is 42.8 Å². The standard InChI is InChI=1S/C13H11ClF3NS/c1-7(18)11-2-3-12(19-11)8-4-9(13(15,16)17)6-10(14)5-8/h2-7H,18H2,1H3. The molecule has 6 heteroatoms. The molecule has 1 unspecified atom stereocenters. The average Bonchev–Trinajstić information content (AvgIpc) is 2.76. The minimum absolute atomic E-state index is 0.0700. The molecule has 2 N–H and O–H groups in total. The number of alkyl halides is 3. The summed E-state index contributed by atoms with van der Waals surface area (Å²) >= 11 is 7.13. The van der Waals surface area contributed by atoms with Crippen LogP contribution in [0.2, 0.25) is 5.02 Å². The van der Waals surface area contributed by atoms with Crippen LogP contribution in [0, 0.1) is 0 Å². The zero-order chi connectivity index (χ0) is 14.2. The first-order chi connectivity index (χ1) is 8.77. The molecule has 0 saturated carbocycles. The first-order valence-corrected chi connectivity index (χ1v) is 6.70. The molecule has 1 heterocycles. The summed E-state index contributed by atoms with van der Waals surface area (Å²) in [7, 11) is 0. The van der Waals surface area contributed by atoms with E-state index in [0.717, 1.165) is 21.9 Å². The highest BCUT2D eigenvalue weighted by Gasteiger charge is 2.31. The lowest BCUT2D eigenvalue weighted by atomic mass is 10.1. The van der Waals surface area contributed by atoms with Gasteiger partial charge >= 0.3 is 6.18 Å². The lowest BCUT2D eigenvalue weighted by Crippen LogP contribution is -2.04. The monoisotopic (exact) mass is 305 g/mol. The van der Waals surface area contributed by atoms with Crippen LogP contribution in [0.5, 0.6) is 0 Å². The molecule has 1 atom stereocenters. The maximum absolute atomic E-state index is 12.7. The van der Waals surface area contributed by atoms with Crippen LogP contribution in [0.4, 0.5) is 13.2 Å². The third kappa shape index (κ3) is 3.29. The van der Waals surface area contributed by atoms with E-state index in [4.69, 9.17) is 17.3 Å². The molecule has 1 nitrogen and oxygen atoms in total. The third-order valence-corrected chi connectivity index (χ3v) is 4.14. The fourth-order valence-electron chi connectivity index (χ4n) is 1.65. The van der Waals surface area contributed by atoms with Crippen molar-refractivity contribution in [2.75, 3.05) is 0 Å². The van der Waals surface area contributed by atoms with Gasteiger partial charge in [-0.3, -0.25) is 0 Å². The number of nitrogens with two attached hydrogens (primary N) is 1. The van der Waals surface area contributed by atoms with Crippen LogP contribution in [0.25, 0.3) is 10.4 Å². The van der Waals surface area contributed by atoms with Gasteiger partial charge in [0.2, 0.25) is 0 Å². The van der Waals surface area contributed by atoms with Crippen molar-refractivity contribution in [2.45, 2.75) is 19.1 Å². The topological polar surface area (TPSA) is 26.0 Å². The van der Waals surface area contributed by atoms with Gasteiger partial charge in [-0.1, -0.05) is 11.6 Å². The van der Waals surface area contributed by atoms with Crippen molar-refractivity contribution in [2.24, 2.45) is 5.73 Å². The number of rotatable bonds is 2. The number of halogens is 4.